The Labute approximate surface area is 244 Å². The molecule has 2 rings (SSSR count). The van der Waals surface area contributed by atoms with E-state index in [1.165, 1.54) is 54.4 Å². The fraction of sp³-hybridized carbons (Fsp3) is 0.636. The van der Waals surface area contributed by atoms with Crippen molar-refractivity contribution in [1.29, 1.82) is 0 Å². The van der Waals surface area contributed by atoms with Crippen LogP contribution >= 0.6 is 11.6 Å². The number of hydrogen-bond donors (Lipinski definition) is 2. The van der Waals surface area contributed by atoms with Crippen LogP contribution in [-0.4, -0.2) is 70.8 Å². The molecule has 0 aromatic heterocycles. The molecular formula is C33H55ClN4O. The maximum absolute atomic E-state index is 6.50. The van der Waals surface area contributed by atoms with Crippen molar-refractivity contribution in [3.8, 4) is 5.75 Å². The van der Waals surface area contributed by atoms with Crippen molar-refractivity contribution >= 4 is 11.6 Å². The van der Waals surface area contributed by atoms with Gasteiger partial charge in [0.25, 0.3) is 0 Å². The zero-order valence-corrected chi connectivity index (χ0v) is 26.2. The Kier molecular flexibility index (Phi) is 17.5. The molecule has 39 heavy (non-hydrogen) atoms. The molecule has 2 N–H and O–H groups in total. The average Bonchev–Trinajstić information content (AvgIpc) is 2.89. The lowest BCUT2D eigenvalue weighted by Crippen LogP contribution is -2.23. The highest BCUT2D eigenvalue weighted by Crippen LogP contribution is 2.27. The third-order valence-corrected chi connectivity index (χ3v) is 7.21. The molecule has 0 aliphatic carbocycles. The van der Waals surface area contributed by atoms with Crippen LogP contribution < -0.4 is 15.4 Å². The van der Waals surface area contributed by atoms with Gasteiger partial charge in [-0.15, -0.1) is 0 Å². The van der Waals surface area contributed by atoms with Crippen molar-refractivity contribution in [2.24, 2.45) is 0 Å². The number of nitrogens with one attached hydrogen (secondary N) is 2. The monoisotopic (exact) mass is 558 g/mol. The van der Waals surface area contributed by atoms with E-state index in [9.17, 15) is 0 Å². The lowest BCUT2D eigenvalue weighted by Gasteiger charge is -2.19. The molecule has 5 nitrogen and oxygen atoms in total. The quantitative estimate of drug-likeness (QED) is 0.157. The number of aryl methyl sites for hydroxylation is 2. The van der Waals surface area contributed by atoms with E-state index < -0.39 is 0 Å². The van der Waals surface area contributed by atoms with E-state index in [1.54, 1.807) is 0 Å². The summed E-state index contributed by atoms with van der Waals surface area (Å²) in [7, 11) is 8.52. The summed E-state index contributed by atoms with van der Waals surface area (Å²) in [5.41, 5.74) is 5.26. The van der Waals surface area contributed by atoms with Crippen LogP contribution in [0.2, 0.25) is 5.02 Å². The number of benzene rings is 2. The summed E-state index contributed by atoms with van der Waals surface area (Å²) in [4.78, 5) is 4.48. The van der Waals surface area contributed by atoms with Gasteiger partial charge < -0.3 is 25.2 Å². The minimum absolute atomic E-state index is 0.787. The van der Waals surface area contributed by atoms with E-state index in [4.69, 9.17) is 16.3 Å². The molecule has 0 spiro atoms. The summed E-state index contributed by atoms with van der Waals surface area (Å²) in [5.74, 6) is 1.09. The number of nitrogens with zero attached hydrogens (tertiary/aromatic N) is 2. The molecule has 0 bridgehead atoms. The minimum atomic E-state index is 0.787. The molecule has 2 aromatic carbocycles. The summed E-state index contributed by atoms with van der Waals surface area (Å²) in [6, 6.07) is 12.9. The van der Waals surface area contributed by atoms with E-state index >= 15 is 0 Å². The molecule has 0 amide bonds. The number of hydrogen-bond acceptors (Lipinski definition) is 5. The molecule has 0 heterocycles. The van der Waals surface area contributed by atoms with Gasteiger partial charge in [-0.2, -0.15) is 0 Å². The third-order valence-electron chi connectivity index (χ3n) is 6.96. The van der Waals surface area contributed by atoms with Gasteiger partial charge in [0.1, 0.15) is 5.75 Å². The van der Waals surface area contributed by atoms with E-state index in [-0.39, 0.29) is 0 Å². The lowest BCUT2D eigenvalue weighted by molar-refractivity contribution is 0.296. The highest BCUT2D eigenvalue weighted by atomic mass is 35.5. The fourth-order valence-electron chi connectivity index (χ4n) is 4.83. The normalized spacial score (nSPS) is 11.6. The van der Waals surface area contributed by atoms with Crippen molar-refractivity contribution in [1.82, 2.24) is 20.4 Å². The molecule has 0 radical (unpaired) electrons. The summed E-state index contributed by atoms with van der Waals surface area (Å²) in [6.45, 7) is 8.93. The first-order valence-corrected chi connectivity index (χ1v) is 15.4. The van der Waals surface area contributed by atoms with Gasteiger partial charge in [-0.25, -0.2) is 0 Å². The van der Waals surface area contributed by atoms with Crippen molar-refractivity contribution in [3.05, 3.63) is 63.7 Å². The molecule has 220 valence electrons. The van der Waals surface area contributed by atoms with E-state index in [2.05, 4.69) is 79.8 Å². The predicted octanol–water partition coefficient (Wildman–Crippen LogP) is 6.69. The van der Waals surface area contributed by atoms with Crippen LogP contribution in [0, 0.1) is 6.92 Å². The standard InChI is InChI=1S/C33H55ClN4O/c1-28-24-30(26-35-19-12-21-37(2)3)33(31(25-28)27-36-20-13-22-38(4)5)39-23-11-9-7-6-8-10-14-29-15-17-32(34)18-16-29/h15-18,24-25,35-36H,6-14,19-23,26-27H2,1-5H3. The number of rotatable bonds is 22. The molecule has 0 fully saturated rings. The zero-order valence-electron chi connectivity index (χ0n) is 25.5. The molecule has 2 aromatic rings. The Morgan fingerprint density at radius 3 is 1.74 bits per heavy atom. The lowest BCUT2D eigenvalue weighted by atomic mass is 10.0. The van der Waals surface area contributed by atoms with Gasteiger partial charge in [-0.1, -0.05) is 67.1 Å². The summed E-state index contributed by atoms with van der Waals surface area (Å²) >= 11 is 5.99. The second-order valence-electron chi connectivity index (χ2n) is 11.4. The molecule has 0 aliphatic heterocycles. The third kappa shape index (κ3) is 15.7. The minimum Gasteiger partial charge on any atom is -0.493 e. The number of halogens is 1. The first-order chi connectivity index (χ1) is 18.8. The molecule has 0 aliphatic rings. The number of ether oxygens (including phenoxy) is 1. The van der Waals surface area contributed by atoms with Crippen LogP contribution in [0.15, 0.2) is 36.4 Å². The van der Waals surface area contributed by atoms with Crippen LogP contribution in [0.3, 0.4) is 0 Å². The van der Waals surface area contributed by atoms with Gasteiger partial charge >= 0.3 is 0 Å². The van der Waals surface area contributed by atoms with E-state index in [0.717, 1.165) is 82.3 Å². The Morgan fingerprint density at radius 1 is 0.692 bits per heavy atom. The van der Waals surface area contributed by atoms with Gasteiger partial charge in [-0.3, -0.25) is 0 Å². The summed E-state index contributed by atoms with van der Waals surface area (Å²) < 4.78 is 6.50. The first-order valence-electron chi connectivity index (χ1n) is 15.1. The highest BCUT2D eigenvalue weighted by Gasteiger charge is 2.12. The molecule has 0 saturated heterocycles. The Morgan fingerprint density at radius 2 is 1.21 bits per heavy atom. The predicted molar refractivity (Wildman–Crippen MR) is 169 cm³/mol. The van der Waals surface area contributed by atoms with E-state index in [1.807, 2.05) is 12.1 Å². The molecule has 6 heteroatoms. The van der Waals surface area contributed by atoms with Crippen LogP contribution in [0.25, 0.3) is 0 Å². The van der Waals surface area contributed by atoms with Crippen LogP contribution in [0.5, 0.6) is 5.75 Å². The first kappa shape index (κ1) is 33.6. The molecular weight excluding hydrogens is 504 g/mol. The van der Waals surface area contributed by atoms with E-state index in [0.29, 0.717) is 0 Å². The van der Waals surface area contributed by atoms with Gasteiger partial charge in [0, 0.05) is 29.2 Å². The van der Waals surface area contributed by atoms with Gasteiger partial charge in [0.05, 0.1) is 6.61 Å². The maximum atomic E-state index is 6.50. The highest BCUT2D eigenvalue weighted by molar-refractivity contribution is 6.30. The number of unbranched alkanes of at least 4 members (excludes halogenated alkanes) is 5. The van der Waals surface area contributed by atoms with Crippen molar-refractivity contribution in [2.75, 3.05) is 61.0 Å². The molecule has 0 atom stereocenters. The Hall–Kier alpha value is -1.63. The van der Waals surface area contributed by atoms with Gasteiger partial charge in [0.15, 0.2) is 0 Å². The van der Waals surface area contributed by atoms with Crippen LogP contribution in [-0.2, 0) is 19.5 Å². The summed E-state index contributed by atoms with van der Waals surface area (Å²) in [6.07, 6.45) is 10.9. The Balaban J connectivity index is 1.79. The molecule has 0 saturated carbocycles. The van der Waals surface area contributed by atoms with Crippen molar-refractivity contribution < 1.29 is 4.74 Å². The second-order valence-corrected chi connectivity index (χ2v) is 11.9. The molecule has 0 unspecified atom stereocenters. The van der Waals surface area contributed by atoms with Gasteiger partial charge in [0.2, 0.25) is 0 Å². The van der Waals surface area contributed by atoms with Crippen LogP contribution in [0.4, 0.5) is 0 Å². The largest absolute Gasteiger partial charge is 0.493 e. The average molecular weight is 559 g/mol. The summed E-state index contributed by atoms with van der Waals surface area (Å²) in [5, 5.41) is 8.11. The fourth-order valence-corrected chi connectivity index (χ4v) is 4.95. The Bertz CT molecular complexity index is 862. The van der Waals surface area contributed by atoms with Gasteiger partial charge in [-0.05, 0) is 111 Å². The zero-order chi connectivity index (χ0) is 28.3. The van der Waals surface area contributed by atoms with Crippen molar-refractivity contribution in [2.45, 2.75) is 77.8 Å². The maximum Gasteiger partial charge on any atom is 0.128 e. The SMILES string of the molecule is Cc1cc(CNCCCN(C)C)c(OCCCCCCCCc2ccc(Cl)cc2)c(CNCCCN(C)C)c1. The van der Waals surface area contributed by atoms with Crippen LogP contribution in [0.1, 0.15) is 73.6 Å². The second kappa shape index (κ2) is 20.3. The topological polar surface area (TPSA) is 39.8 Å². The van der Waals surface area contributed by atoms with Crippen molar-refractivity contribution in [3.63, 3.8) is 0 Å². The smallest absolute Gasteiger partial charge is 0.128 e.